The molecule has 0 atom stereocenters. The summed E-state index contributed by atoms with van der Waals surface area (Å²) in [5.41, 5.74) is 15.0. The lowest BCUT2D eigenvalue weighted by molar-refractivity contribution is 0.444. The smallest absolute Gasteiger partial charge is 0.0979 e. The molecular weight excluding hydrogens is 508 g/mol. The van der Waals surface area contributed by atoms with E-state index in [9.17, 15) is 0 Å². The molecule has 214 valence electrons. The SMILES string of the molecule is Cc1cc(C)c(N=C2C(=Nc3c(C)cc(C)cc3C3CCCCC3)c3cccc4cccc2c34)c(C2CCCCC2)c1. The highest BCUT2D eigenvalue weighted by Crippen LogP contribution is 2.44. The summed E-state index contributed by atoms with van der Waals surface area (Å²) in [6.07, 6.45) is 13.1. The Labute approximate surface area is 252 Å². The van der Waals surface area contributed by atoms with Crippen LogP contribution in [-0.4, -0.2) is 11.4 Å². The van der Waals surface area contributed by atoms with Crippen molar-refractivity contribution in [1.29, 1.82) is 0 Å². The first-order valence-electron chi connectivity index (χ1n) is 16.4. The summed E-state index contributed by atoms with van der Waals surface area (Å²) in [4.78, 5) is 11.3. The first-order chi connectivity index (χ1) is 20.5. The number of hydrogen-bond acceptors (Lipinski definition) is 2. The Hall–Kier alpha value is -3.52. The van der Waals surface area contributed by atoms with Gasteiger partial charge in [0.25, 0.3) is 0 Å². The summed E-state index contributed by atoms with van der Waals surface area (Å²) in [6.45, 7) is 8.98. The van der Waals surface area contributed by atoms with Crippen molar-refractivity contribution < 1.29 is 0 Å². The van der Waals surface area contributed by atoms with Crippen LogP contribution in [0.5, 0.6) is 0 Å². The van der Waals surface area contributed by atoms with Crippen LogP contribution in [0.1, 0.15) is 121 Å². The van der Waals surface area contributed by atoms with E-state index in [4.69, 9.17) is 9.98 Å². The summed E-state index contributed by atoms with van der Waals surface area (Å²) in [5.74, 6) is 1.18. The Bertz CT molecular complexity index is 1600. The molecule has 3 aliphatic carbocycles. The molecule has 2 nitrogen and oxygen atoms in total. The van der Waals surface area contributed by atoms with Gasteiger partial charge in [0.05, 0.1) is 22.8 Å². The average molecular weight is 553 g/mol. The van der Waals surface area contributed by atoms with E-state index >= 15 is 0 Å². The van der Waals surface area contributed by atoms with Gasteiger partial charge in [-0.25, -0.2) is 9.98 Å². The maximum atomic E-state index is 5.67. The van der Waals surface area contributed by atoms with Crippen LogP contribution >= 0.6 is 0 Å². The Morgan fingerprint density at radius 2 is 0.952 bits per heavy atom. The number of nitrogens with zero attached hydrogens (tertiary/aromatic N) is 2. The van der Waals surface area contributed by atoms with Gasteiger partial charge >= 0.3 is 0 Å². The minimum Gasteiger partial charge on any atom is -0.246 e. The number of benzene rings is 4. The fourth-order valence-corrected chi connectivity index (χ4v) is 8.18. The third kappa shape index (κ3) is 4.93. The fourth-order valence-electron chi connectivity index (χ4n) is 8.18. The van der Waals surface area contributed by atoms with Crippen molar-refractivity contribution in [3.63, 3.8) is 0 Å². The van der Waals surface area contributed by atoms with E-state index in [1.54, 1.807) is 0 Å². The number of hydrogen-bond donors (Lipinski definition) is 0. The van der Waals surface area contributed by atoms with Gasteiger partial charge in [0, 0.05) is 16.5 Å². The highest BCUT2D eigenvalue weighted by Gasteiger charge is 2.30. The van der Waals surface area contributed by atoms with E-state index in [0.717, 1.165) is 11.4 Å². The molecule has 0 heterocycles. The molecule has 0 N–H and O–H groups in total. The van der Waals surface area contributed by atoms with Crippen molar-refractivity contribution >= 4 is 33.6 Å². The molecule has 2 fully saturated rings. The van der Waals surface area contributed by atoms with Gasteiger partial charge < -0.3 is 0 Å². The normalized spacial score (nSPS) is 19.8. The maximum absolute atomic E-state index is 5.67. The van der Waals surface area contributed by atoms with Crippen LogP contribution in [0.2, 0.25) is 0 Å². The highest BCUT2D eigenvalue weighted by molar-refractivity contribution is 6.61. The van der Waals surface area contributed by atoms with Crippen LogP contribution in [0, 0.1) is 27.7 Å². The molecule has 4 aromatic rings. The zero-order valence-electron chi connectivity index (χ0n) is 25.9. The van der Waals surface area contributed by atoms with Crippen LogP contribution in [0.4, 0.5) is 11.4 Å². The molecule has 0 bridgehead atoms. The van der Waals surface area contributed by atoms with Crippen LogP contribution < -0.4 is 0 Å². The molecule has 2 saturated carbocycles. The Balaban J connectivity index is 1.47. The Morgan fingerprint density at radius 3 is 1.38 bits per heavy atom. The van der Waals surface area contributed by atoms with Crippen LogP contribution in [-0.2, 0) is 0 Å². The van der Waals surface area contributed by atoms with Gasteiger partial charge in [-0.15, -0.1) is 0 Å². The molecule has 0 radical (unpaired) electrons. The molecule has 0 aliphatic heterocycles. The summed E-state index contributed by atoms with van der Waals surface area (Å²) in [5, 5.41) is 2.56. The molecule has 7 rings (SSSR count). The third-order valence-electron chi connectivity index (χ3n) is 10.1. The van der Waals surface area contributed by atoms with Gasteiger partial charge in [0.1, 0.15) is 0 Å². The topological polar surface area (TPSA) is 24.7 Å². The van der Waals surface area contributed by atoms with Crippen molar-refractivity contribution in [1.82, 2.24) is 0 Å². The summed E-state index contributed by atoms with van der Waals surface area (Å²) < 4.78 is 0. The monoisotopic (exact) mass is 552 g/mol. The molecule has 0 unspecified atom stereocenters. The second-order valence-corrected chi connectivity index (χ2v) is 13.3. The zero-order valence-corrected chi connectivity index (χ0v) is 25.9. The number of rotatable bonds is 4. The van der Waals surface area contributed by atoms with E-state index in [1.807, 2.05) is 0 Å². The van der Waals surface area contributed by atoms with Crippen molar-refractivity contribution in [2.45, 2.75) is 104 Å². The van der Waals surface area contributed by atoms with E-state index in [0.29, 0.717) is 11.8 Å². The summed E-state index contributed by atoms with van der Waals surface area (Å²) in [7, 11) is 0. The number of aliphatic imine (C=N–C) groups is 2. The van der Waals surface area contributed by atoms with Gasteiger partial charge in [-0.2, -0.15) is 0 Å². The second-order valence-electron chi connectivity index (χ2n) is 13.3. The molecule has 0 amide bonds. The molecule has 42 heavy (non-hydrogen) atoms. The molecular formula is C40H44N2. The van der Waals surface area contributed by atoms with Crippen molar-refractivity contribution in [3.05, 3.63) is 105 Å². The highest BCUT2D eigenvalue weighted by atomic mass is 14.8. The van der Waals surface area contributed by atoms with E-state index in [-0.39, 0.29) is 0 Å². The molecule has 0 aromatic heterocycles. The molecule has 0 spiro atoms. The van der Waals surface area contributed by atoms with E-state index < -0.39 is 0 Å². The lowest BCUT2D eigenvalue weighted by Gasteiger charge is -2.25. The molecule has 2 heteroatoms. The van der Waals surface area contributed by atoms with Crippen LogP contribution in [0.3, 0.4) is 0 Å². The van der Waals surface area contributed by atoms with E-state index in [2.05, 4.69) is 88.4 Å². The number of aryl methyl sites for hydroxylation is 4. The summed E-state index contributed by atoms with van der Waals surface area (Å²) >= 11 is 0. The quantitative estimate of drug-likeness (QED) is 0.240. The minimum atomic E-state index is 0.592. The Kier molecular flexibility index (Phi) is 7.34. The van der Waals surface area contributed by atoms with Crippen LogP contribution in [0.15, 0.2) is 70.6 Å². The van der Waals surface area contributed by atoms with Gasteiger partial charge in [0.15, 0.2) is 0 Å². The van der Waals surface area contributed by atoms with Gasteiger partial charge in [-0.3, -0.25) is 0 Å². The fraction of sp³-hybridized carbons (Fsp3) is 0.400. The average Bonchev–Trinajstić information content (AvgIpc) is 3.30. The predicted octanol–water partition coefficient (Wildman–Crippen LogP) is 11.4. The van der Waals surface area contributed by atoms with Crippen LogP contribution in [0.25, 0.3) is 10.8 Å². The van der Waals surface area contributed by atoms with Crippen molar-refractivity contribution in [2.24, 2.45) is 9.98 Å². The van der Waals surface area contributed by atoms with Gasteiger partial charge in [0.2, 0.25) is 0 Å². The van der Waals surface area contributed by atoms with E-state index in [1.165, 1.54) is 131 Å². The predicted molar refractivity (Wildman–Crippen MR) is 180 cm³/mol. The minimum absolute atomic E-state index is 0.592. The van der Waals surface area contributed by atoms with Crippen molar-refractivity contribution in [3.8, 4) is 0 Å². The Morgan fingerprint density at radius 1 is 0.524 bits per heavy atom. The third-order valence-corrected chi connectivity index (χ3v) is 10.1. The molecule has 4 aromatic carbocycles. The van der Waals surface area contributed by atoms with Gasteiger partial charge in [-0.05, 0) is 92.9 Å². The van der Waals surface area contributed by atoms with Crippen molar-refractivity contribution in [2.75, 3.05) is 0 Å². The maximum Gasteiger partial charge on any atom is 0.0979 e. The van der Waals surface area contributed by atoms with Gasteiger partial charge in [-0.1, -0.05) is 110 Å². The summed E-state index contributed by atoms with van der Waals surface area (Å²) in [6, 6.07) is 22.9. The first-order valence-corrected chi connectivity index (χ1v) is 16.4. The lowest BCUT2D eigenvalue weighted by Crippen LogP contribution is -2.13. The molecule has 0 saturated heterocycles. The zero-order chi connectivity index (χ0) is 28.8. The standard InChI is InChI=1S/C40H44N2/c1-25-21-27(3)37(34(23-25)29-13-7-5-8-14-29)41-39-32-19-11-17-31-18-12-20-33(36(31)32)40(39)42-38-28(4)22-26(2)24-35(38)30-15-9-6-10-16-30/h11-12,17-24,29-30H,5-10,13-16H2,1-4H3. The first kappa shape index (κ1) is 27.3. The largest absolute Gasteiger partial charge is 0.246 e. The second kappa shape index (κ2) is 11.3. The molecule has 3 aliphatic rings. The lowest BCUT2D eigenvalue weighted by atomic mass is 9.82.